The van der Waals surface area contributed by atoms with E-state index in [0.717, 1.165) is 45.0 Å². The van der Waals surface area contributed by atoms with Gasteiger partial charge in [0.05, 0.1) is 22.3 Å². The number of benzene rings is 8. The van der Waals surface area contributed by atoms with E-state index in [9.17, 15) is 5.11 Å². The third-order valence-corrected chi connectivity index (χ3v) is 12.5. The molecule has 356 valence electrons. The van der Waals surface area contributed by atoms with E-state index in [0.29, 0.717) is 51.7 Å². The van der Waals surface area contributed by atoms with Crippen LogP contribution in [0.4, 0.5) is 0 Å². The Kier molecular flexibility index (Phi) is 8.78. The van der Waals surface area contributed by atoms with Crippen LogP contribution >= 0.6 is 0 Å². The van der Waals surface area contributed by atoms with Crippen LogP contribution < -0.4 is 0 Å². The minimum atomic E-state index is -4.15. The van der Waals surface area contributed by atoms with Crippen molar-refractivity contribution in [3.63, 3.8) is 0 Å². The van der Waals surface area contributed by atoms with E-state index < -0.39 is 80.2 Å². The SMILES string of the molecule is [2H]C([2H])([2H])C(c1cc(-c2nc3c(-c4[c-]c(-c5cc(-c6ccc(-c7ccccc7)cc6)ccn5)cc(-c5ccccc5)c4)cccc3n2-c2ccc(CC(C)C)cc2-c2ccccc2)c(O)c(C(C([2H])([2H])[2H])(C([2H])([2H])[2H])C([2H])([2H])[2H])c1)(C([2H])([2H])[2H])C([2H])([2H])[2H].[Pt]. The van der Waals surface area contributed by atoms with Crippen LogP contribution in [0.2, 0.25) is 0 Å². The van der Waals surface area contributed by atoms with E-state index in [-0.39, 0.29) is 38.0 Å². The summed E-state index contributed by atoms with van der Waals surface area (Å²) >= 11 is 0. The van der Waals surface area contributed by atoms with E-state index in [2.05, 4.69) is 19.9 Å². The van der Waals surface area contributed by atoms with Crippen molar-refractivity contribution in [2.24, 2.45) is 5.92 Å². The average Bonchev–Trinajstić information content (AvgIpc) is 1.11. The van der Waals surface area contributed by atoms with Crippen molar-refractivity contribution in [2.75, 3.05) is 0 Å². The summed E-state index contributed by atoms with van der Waals surface area (Å²) in [6.45, 7) is -20.5. The molecule has 71 heavy (non-hydrogen) atoms. The fourth-order valence-electron chi connectivity index (χ4n) is 9.17. The number of hydrogen-bond donors (Lipinski definition) is 1. The Hall–Kier alpha value is -7.13. The Morgan fingerprint density at radius 3 is 1.80 bits per heavy atom. The molecule has 2 aromatic heterocycles. The van der Waals surface area contributed by atoms with Gasteiger partial charge in [0.1, 0.15) is 11.6 Å². The maximum atomic E-state index is 13.1. The number of nitrogens with zero attached hydrogens (tertiary/aromatic N) is 3. The van der Waals surface area contributed by atoms with Crippen LogP contribution in [0.1, 0.15) is 96.3 Å². The molecular weight excluding hydrogens is 1050 g/mol. The van der Waals surface area contributed by atoms with Crippen LogP contribution in [0.25, 0.3) is 95.0 Å². The van der Waals surface area contributed by atoms with Crippen LogP contribution in [-0.2, 0) is 38.3 Å². The molecule has 0 saturated heterocycles. The van der Waals surface area contributed by atoms with Gasteiger partial charge in [0.15, 0.2) is 0 Å². The first-order chi connectivity index (χ1) is 41.2. The van der Waals surface area contributed by atoms with Gasteiger partial charge in [0.2, 0.25) is 0 Å². The van der Waals surface area contributed by atoms with Crippen LogP contribution in [0.5, 0.6) is 5.75 Å². The summed E-state index contributed by atoms with van der Waals surface area (Å²) in [7, 11) is 0. The zero-order valence-corrected chi connectivity index (χ0v) is 41.1. The topological polar surface area (TPSA) is 50.9 Å². The van der Waals surface area contributed by atoms with E-state index in [1.165, 1.54) is 4.57 Å². The molecule has 0 bridgehead atoms. The largest absolute Gasteiger partial charge is 0.507 e. The Labute approximate surface area is 459 Å². The smallest absolute Gasteiger partial charge is 0.148 e. The molecule has 0 aliphatic rings. The van der Waals surface area contributed by atoms with Gasteiger partial charge in [-0.3, -0.25) is 9.55 Å². The van der Waals surface area contributed by atoms with Crippen LogP contribution in [-0.4, -0.2) is 19.6 Å². The summed E-state index contributed by atoms with van der Waals surface area (Å²) < 4.78 is 160. The third-order valence-electron chi connectivity index (χ3n) is 12.5. The summed E-state index contributed by atoms with van der Waals surface area (Å²) in [5.41, 5.74) is -1.42. The second kappa shape index (κ2) is 19.9. The molecule has 0 aliphatic heterocycles. The van der Waals surface area contributed by atoms with Gasteiger partial charge in [-0.15, -0.1) is 23.8 Å². The molecule has 2 heterocycles. The molecule has 0 atom stereocenters. The number of fused-ring (bicyclic) bond motifs is 1. The number of para-hydroxylation sites is 1. The van der Waals surface area contributed by atoms with Gasteiger partial charge in [-0.1, -0.05) is 217 Å². The van der Waals surface area contributed by atoms with Gasteiger partial charge in [-0.05, 0) is 98.0 Å². The van der Waals surface area contributed by atoms with E-state index in [1.54, 1.807) is 30.5 Å². The number of phenols is 1. The van der Waals surface area contributed by atoms with Gasteiger partial charge in [-0.25, -0.2) is 4.98 Å². The third kappa shape index (κ3) is 10.1. The van der Waals surface area contributed by atoms with E-state index >= 15 is 0 Å². The Morgan fingerprint density at radius 1 is 0.549 bits per heavy atom. The summed E-state index contributed by atoms with van der Waals surface area (Å²) in [6, 6.07) is 59.9. The molecular formula is C66H60N3OPt-. The minimum absolute atomic E-state index is 0. The van der Waals surface area contributed by atoms with Crippen molar-refractivity contribution < 1.29 is 50.8 Å². The van der Waals surface area contributed by atoms with Crippen LogP contribution in [0.15, 0.2) is 194 Å². The quantitative estimate of drug-likeness (QED) is 0.139. The monoisotopic (exact) mass is 1120 g/mol. The molecule has 0 spiro atoms. The number of aromatic hydroxyl groups is 1. The van der Waals surface area contributed by atoms with E-state index in [4.69, 9.17) is 34.6 Å². The molecule has 0 radical (unpaired) electrons. The fraction of sp³-hybridized carbons (Fsp3) is 0.182. The number of pyridine rings is 1. The molecule has 0 fully saturated rings. The number of hydrogen-bond acceptors (Lipinski definition) is 3. The van der Waals surface area contributed by atoms with Crippen molar-refractivity contribution in [3.8, 4) is 89.7 Å². The van der Waals surface area contributed by atoms with Crippen molar-refractivity contribution in [1.29, 1.82) is 0 Å². The Bertz CT molecular complexity index is 4120. The van der Waals surface area contributed by atoms with Crippen LogP contribution in [0, 0.1) is 12.0 Å². The maximum absolute atomic E-state index is 13.1. The van der Waals surface area contributed by atoms with Gasteiger partial charge in [-0.2, -0.15) is 0 Å². The zero-order chi connectivity index (χ0) is 63.7. The maximum Gasteiger partial charge on any atom is 0.148 e. The molecule has 1 N–H and O–H groups in total. The van der Waals surface area contributed by atoms with Gasteiger partial charge < -0.3 is 5.11 Å². The first-order valence-electron chi connectivity index (χ1n) is 32.0. The van der Waals surface area contributed by atoms with Crippen molar-refractivity contribution in [2.45, 2.75) is 72.2 Å². The molecule has 0 saturated carbocycles. The van der Waals surface area contributed by atoms with Crippen molar-refractivity contribution >= 4 is 11.0 Å². The normalized spacial score (nSPS) is 16.6. The predicted octanol–water partition coefficient (Wildman–Crippen LogP) is 17.4. The summed E-state index contributed by atoms with van der Waals surface area (Å²) in [6.07, 6.45) is 2.32. The van der Waals surface area contributed by atoms with Crippen molar-refractivity contribution in [3.05, 3.63) is 217 Å². The van der Waals surface area contributed by atoms with Crippen molar-refractivity contribution in [1.82, 2.24) is 14.5 Å². The Balaban J connectivity index is 0.00000941. The summed E-state index contributed by atoms with van der Waals surface area (Å²) in [5.74, 6) is -1.60. The molecule has 0 unspecified atom stereocenters. The first-order valence-corrected chi connectivity index (χ1v) is 23.0. The van der Waals surface area contributed by atoms with Gasteiger partial charge >= 0.3 is 0 Å². The average molecular weight is 1120 g/mol. The molecule has 0 aliphatic carbocycles. The van der Waals surface area contributed by atoms with Gasteiger partial charge in [0, 0.05) is 68.8 Å². The standard InChI is InChI=1S/C66H60N3O.Pt/c1-43(2)35-44-27-32-60(56(36-44)49-23-16-11-17-24-49)69-61-26-18-25-55(62(61)68-64(69)57-41-54(65(3,4)5)42-58(63(57)70)66(6,7)8)52-37-51(46-21-14-10-15-22-46)38-53(39-52)59-40-50(33-34-67-59)48-30-28-47(29-31-48)45-19-12-9-13-20-45;/h9-34,36-38,40-43,70H,35H2,1-8H3;/q-1;/i3D3,4D3,5D3,6D3,7D3,8D3;. The predicted molar refractivity (Wildman–Crippen MR) is 293 cm³/mol. The fourth-order valence-corrected chi connectivity index (χ4v) is 9.17. The van der Waals surface area contributed by atoms with Gasteiger partial charge in [0.25, 0.3) is 0 Å². The number of imidazole rings is 1. The second-order valence-corrected chi connectivity index (χ2v) is 18.1. The molecule has 10 rings (SSSR count). The number of aromatic nitrogens is 3. The molecule has 0 amide bonds. The van der Waals surface area contributed by atoms with E-state index in [1.807, 2.05) is 152 Å². The zero-order valence-electron chi connectivity index (χ0n) is 56.9. The Morgan fingerprint density at radius 2 is 1.15 bits per heavy atom. The number of phenolic OH excluding ortho intramolecular Hbond substituents is 1. The minimum Gasteiger partial charge on any atom is -0.507 e. The summed E-state index contributed by atoms with van der Waals surface area (Å²) in [4.78, 5) is 10.1. The molecule has 5 heteroatoms. The molecule has 4 nitrogen and oxygen atoms in total. The number of rotatable bonds is 10. The molecule has 8 aromatic carbocycles. The first kappa shape index (κ1) is 31.3. The summed E-state index contributed by atoms with van der Waals surface area (Å²) in [5, 5.41) is 13.1. The van der Waals surface area contributed by atoms with Crippen LogP contribution in [0.3, 0.4) is 0 Å². The second-order valence-electron chi connectivity index (χ2n) is 18.1. The molecule has 10 aromatic rings.